The van der Waals surface area contributed by atoms with Gasteiger partial charge in [-0.3, -0.25) is 10.1 Å². The predicted octanol–water partition coefficient (Wildman–Crippen LogP) is 1.04. The number of anilines is 1. The first-order valence-electron chi connectivity index (χ1n) is 4.70. The van der Waals surface area contributed by atoms with E-state index in [-0.39, 0.29) is 17.3 Å². The highest BCUT2D eigenvalue weighted by atomic mass is 16.5. The zero-order valence-electron chi connectivity index (χ0n) is 8.84. The second-order valence-corrected chi connectivity index (χ2v) is 3.27. The molecule has 17 heavy (non-hydrogen) atoms. The second kappa shape index (κ2) is 4.12. The Balaban J connectivity index is 2.23. The minimum Gasteiger partial charge on any atom is -0.504 e. The summed E-state index contributed by atoms with van der Waals surface area (Å²) >= 11 is 0. The topological polar surface area (TPSA) is 108 Å². The Labute approximate surface area is 95.7 Å². The van der Waals surface area contributed by atoms with Gasteiger partial charge in [0.2, 0.25) is 0 Å². The van der Waals surface area contributed by atoms with Crippen molar-refractivity contribution in [2.24, 2.45) is 0 Å². The van der Waals surface area contributed by atoms with E-state index in [2.05, 4.69) is 20.0 Å². The molecule has 1 aromatic carbocycles. The molecule has 0 saturated carbocycles. The smallest absolute Gasteiger partial charge is 0.328 e. The third-order valence-electron chi connectivity index (χ3n) is 2.01. The average Bonchev–Trinajstić information content (AvgIpc) is 2.68. The summed E-state index contributed by atoms with van der Waals surface area (Å²) in [6, 6.07) is 3.98. The van der Waals surface area contributed by atoms with Crippen LogP contribution in [0.25, 0.3) is 0 Å². The number of hydrogen-bond acceptors (Lipinski definition) is 6. The Morgan fingerprint density at radius 1 is 1.41 bits per heavy atom. The number of benzene rings is 1. The molecule has 1 heterocycles. The van der Waals surface area contributed by atoms with Crippen molar-refractivity contribution in [2.75, 3.05) is 5.32 Å². The van der Waals surface area contributed by atoms with Gasteiger partial charge in [-0.25, -0.2) is 0 Å². The van der Waals surface area contributed by atoms with Crippen LogP contribution in [0.15, 0.2) is 22.7 Å². The van der Waals surface area contributed by atoms with Gasteiger partial charge >= 0.3 is 6.01 Å². The fourth-order valence-corrected chi connectivity index (χ4v) is 1.23. The van der Waals surface area contributed by atoms with Gasteiger partial charge in [0.1, 0.15) is 0 Å². The fraction of sp³-hybridized carbons (Fsp3) is 0.100. The molecule has 7 heteroatoms. The molecular formula is C10H9N3O4. The van der Waals surface area contributed by atoms with Crippen LogP contribution in [0.4, 0.5) is 6.01 Å². The van der Waals surface area contributed by atoms with Gasteiger partial charge in [-0.1, -0.05) is 11.2 Å². The average molecular weight is 235 g/mol. The molecule has 0 saturated heterocycles. The Morgan fingerprint density at radius 2 is 2.18 bits per heavy atom. The maximum atomic E-state index is 11.7. The molecule has 3 N–H and O–H groups in total. The summed E-state index contributed by atoms with van der Waals surface area (Å²) in [5.41, 5.74) is -0.0825. The molecule has 88 valence electrons. The monoisotopic (exact) mass is 235 g/mol. The highest BCUT2D eigenvalue weighted by Gasteiger charge is 2.16. The van der Waals surface area contributed by atoms with Crippen molar-refractivity contribution >= 4 is 11.9 Å². The van der Waals surface area contributed by atoms with Gasteiger partial charge in [0, 0.05) is 0 Å². The van der Waals surface area contributed by atoms with Gasteiger partial charge in [-0.2, -0.15) is 4.98 Å². The molecule has 0 unspecified atom stereocenters. The van der Waals surface area contributed by atoms with Crippen molar-refractivity contribution in [3.8, 4) is 11.5 Å². The third-order valence-corrected chi connectivity index (χ3v) is 2.01. The number of aryl methyl sites for hydroxylation is 1. The summed E-state index contributed by atoms with van der Waals surface area (Å²) in [6.07, 6.45) is 0. The van der Waals surface area contributed by atoms with Crippen molar-refractivity contribution in [1.82, 2.24) is 10.1 Å². The van der Waals surface area contributed by atoms with Gasteiger partial charge in [0.15, 0.2) is 17.3 Å². The number of rotatable bonds is 2. The highest BCUT2D eigenvalue weighted by Crippen LogP contribution is 2.28. The number of aromatic nitrogens is 2. The number of carbonyl (C=O) groups excluding carboxylic acids is 1. The number of carbonyl (C=O) groups is 1. The molecule has 7 nitrogen and oxygen atoms in total. The summed E-state index contributed by atoms with van der Waals surface area (Å²) in [6.45, 7) is 1.60. The molecule has 0 fully saturated rings. The molecule has 0 aliphatic carbocycles. The van der Waals surface area contributed by atoms with E-state index < -0.39 is 11.7 Å². The lowest BCUT2D eigenvalue weighted by Gasteiger charge is -2.04. The third kappa shape index (κ3) is 2.17. The standard InChI is InChI=1S/C10H9N3O4/c1-5-11-10(17-13-5)12-9(16)6-3-2-4-7(14)8(6)15/h2-4,14-15H,1H3,(H,11,12,13,16). The Hall–Kier alpha value is -2.57. The number of amides is 1. The van der Waals surface area contributed by atoms with Crippen molar-refractivity contribution in [3.05, 3.63) is 29.6 Å². The number of aromatic hydroxyl groups is 2. The number of hydrogen-bond donors (Lipinski definition) is 3. The van der Waals surface area contributed by atoms with E-state index in [0.717, 1.165) is 0 Å². The predicted molar refractivity (Wildman–Crippen MR) is 56.8 cm³/mol. The van der Waals surface area contributed by atoms with Gasteiger partial charge in [-0.05, 0) is 19.1 Å². The second-order valence-electron chi connectivity index (χ2n) is 3.27. The minimum absolute atomic E-state index is 0.0738. The van der Waals surface area contributed by atoms with E-state index in [4.69, 9.17) is 0 Å². The van der Waals surface area contributed by atoms with E-state index in [1.54, 1.807) is 6.92 Å². The number of nitrogens with one attached hydrogen (secondary N) is 1. The van der Waals surface area contributed by atoms with Gasteiger partial charge < -0.3 is 14.7 Å². The molecule has 1 aromatic heterocycles. The number of phenolic OH excluding ortho intramolecular Hbond substituents is 2. The van der Waals surface area contributed by atoms with E-state index in [1.807, 2.05) is 0 Å². The minimum atomic E-state index is -0.651. The van der Waals surface area contributed by atoms with Crippen LogP contribution in [-0.4, -0.2) is 26.3 Å². The molecule has 2 rings (SSSR count). The molecule has 0 radical (unpaired) electrons. The fourth-order valence-electron chi connectivity index (χ4n) is 1.23. The zero-order valence-corrected chi connectivity index (χ0v) is 8.84. The maximum absolute atomic E-state index is 11.7. The highest BCUT2D eigenvalue weighted by molar-refractivity contribution is 6.05. The molecule has 0 atom stereocenters. The first kappa shape index (κ1) is 10.9. The summed E-state index contributed by atoms with van der Waals surface area (Å²) < 4.78 is 4.69. The lowest BCUT2D eigenvalue weighted by molar-refractivity contribution is 0.102. The normalized spacial score (nSPS) is 10.2. The van der Waals surface area contributed by atoms with E-state index in [9.17, 15) is 15.0 Å². The largest absolute Gasteiger partial charge is 0.504 e. The summed E-state index contributed by atoms with van der Waals surface area (Å²) in [7, 11) is 0. The molecule has 1 amide bonds. The van der Waals surface area contributed by atoms with Gasteiger partial charge in [0.25, 0.3) is 5.91 Å². The lowest BCUT2D eigenvalue weighted by Crippen LogP contribution is -2.12. The zero-order chi connectivity index (χ0) is 12.4. The summed E-state index contributed by atoms with van der Waals surface area (Å²) in [4.78, 5) is 15.5. The first-order chi connectivity index (χ1) is 8.08. The van der Waals surface area contributed by atoms with Gasteiger partial charge in [-0.15, -0.1) is 0 Å². The SMILES string of the molecule is Cc1noc(NC(=O)c2cccc(O)c2O)n1. The van der Waals surface area contributed by atoms with Crippen LogP contribution in [0.2, 0.25) is 0 Å². The van der Waals surface area contributed by atoms with Crippen LogP contribution in [0.1, 0.15) is 16.2 Å². The Morgan fingerprint density at radius 3 is 2.82 bits per heavy atom. The van der Waals surface area contributed by atoms with Crippen molar-refractivity contribution < 1.29 is 19.5 Å². The van der Waals surface area contributed by atoms with Gasteiger partial charge in [0.05, 0.1) is 5.56 Å². The maximum Gasteiger partial charge on any atom is 0.328 e. The van der Waals surface area contributed by atoms with E-state index in [0.29, 0.717) is 5.82 Å². The van der Waals surface area contributed by atoms with Crippen LogP contribution >= 0.6 is 0 Å². The molecule has 2 aromatic rings. The lowest BCUT2D eigenvalue weighted by atomic mass is 10.2. The van der Waals surface area contributed by atoms with Crippen LogP contribution in [-0.2, 0) is 0 Å². The molecule has 0 aliphatic rings. The molecular weight excluding hydrogens is 226 g/mol. The van der Waals surface area contributed by atoms with Crippen molar-refractivity contribution in [2.45, 2.75) is 6.92 Å². The van der Waals surface area contributed by atoms with Crippen LogP contribution in [0, 0.1) is 6.92 Å². The van der Waals surface area contributed by atoms with Crippen LogP contribution in [0.3, 0.4) is 0 Å². The van der Waals surface area contributed by atoms with Crippen molar-refractivity contribution in [3.63, 3.8) is 0 Å². The number of para-hydroxylation sites is 1. The first-order valence-corrected chi connectivity index (χ1v) is 4.70. The summed E-state index contributed by atoms with van der Waals surface area (Å²) in [5.74, 6) is -1.15. The molecule has 0 bridgehead atoms. The van der Waals surface area contributed by atoms with E-state index in [1.165, 1.54) is 18.2 Å². The number of phenols is 2. The summed E-state index contributed by atoms with van der Waals surface area (Å²) in [5, 5.41) is 24.5. The van der Waals surface area contributed by atoms with Crippen molar-refractivity contribution in [1.29, 1.82) is 0 Å². The Bertz CT molecular complexity index is 564. The van der Waals surface area contributed by atoms with E-state index >= 15 is 0 Å². The molecule has 0 aliphatic heterocycles. The van der Waals surface area contributed by atoms with Crippen LogP contribution in [0.5, 0.6) is 11.5 Å². The molecule has 0 spiro atoms. The number of nitrogens with zero attached hydrogens (tertiary/aromatic N) is 2. The Kier molecular flexibility index (Phi) is 2.65. The quantitative estimate of drug-likeness (QED) is 0.671. The van der Waals surface area contributed by atoms with Crippen LogP contribution < -0.4 is 5.32 Å².